The van der Waals surface area contributed by atoms with Crippen LogP contribution in [0.25, 0.3) is 0 Å². The standard InChI is InChI=1S/C16H17N3O4/c17-14-7-1-2-8-15(14)23-10-4-9-16(20)18-12-5-3-6-13(11-12)19(21)22/h1-3,5-8,11H,4,9-10,17H2,(H,18,20). The summed E-state index contributed by atoms with van der Waals surface area (Å²) in [4.78, 5) is 22.0. The molecule has 0 unspecified atom stereocenters. The number of carbonyl (C=O) groups is 1. The van der Waals surface area contributed by atoms with Gasteiger partial charge in [-0.25, -0.2) is 0 Å². The van der Waals surface area contributed by atoms with Gasteiger partial charge in [0, 0.05) is 24.2 Å². The molecule has 2 rings (SSSR count). The molecule has 0 aliphatic heterocycles. The topological polar surface area (TPSA) is 107 Å². The molecule has 0 aliphatic rings. The highest BCUT2D eigenvalue weighted by molar-refractivity contribution is 5.90. The van der Waals surface area contributed by atoms with Crippen LogP contribution in [0.4, 0.5) is 17.1 Å². The highest BCUT2D eigenvalue weighted by Gasteiger charge is 2.08. The predicted molar refractivity (Wildman–Crippen MR) is 87.3 cm³/mol. The van der Waals surface area contributed by atoms with Gasteiger partial charge in [-0.05, 0) is 24.6 Å². The third kappa shape index (κ3) is 4.99. The van der Waals surface area contributed by atoms with E-state index in [1.54, 1.807) is 18.2 Å². The minimum Gasteiger partial charge on any atom is -0.491 e. The smallest absolute Gasteiger partial charge is 0.271 e. The molecule has 0 saturated carbocycles. The number of para-hydroxylation sites is 2. The number of hydrogen-bond donors (Lipinski definition) is 2. The van der Waals surface area contributed by atoms with E-state index in [4.69, 9.17) is 10.5 Å². The third-order valence-electron chi connectivity index (χ3n) is 3.07. The van der Waals surface area contributed by atoms with Gasteiger partial charge >= 0.3 is 0 Å². The van der Waals surface area contributed by atoms with E-state index in [1.165, 1.54) is 18.2 Å². The molecule has 0 heterocycles. The number of anilines is 2. The summed E-state index contributed by atoms with van der Waals surface area (Å²) >= 11 is 0. The van der Waals surface area contributed by atoms with Crippen molar-refractivity contribution in [2.24, 2.45) is 0 Å². The largest absolute Gasteiger partial charge is 0.491 e. The van der Waals surface area contributed by atoms with Crippen LogP contribution >= 0.6 is 0 Å². The summed E-state index contributed by atoms with van der Waals surface area (Å²) in [6, 6.07) is 13.0. The Balaban J connectivity index is 1.76. The molecule has 0 spiro atoms. The molecule has 0 aromatic heterocycles. The summed E-state index contributed by atoms with van der Waals surface area (Å²) in [6.07, 6.45) is 0.754. The minimum absolute atomic E-state index is 0.0642. The van der Waals surface area contributed by atoms with E-state index in [0.717, 1.165) is 0 Å². The van der Waals surface area contributed by atoms with Crippen molar-refractivity contribution in [3.63, 3.8) is 0 Å². The van der Waals surface area contributed by atoms with Crippen LogP contribution in [0.1, 0.15) is 12.8 Å². The number of non-ortho nitro benzene ring substituents is 1. The quantitative estimate of drug-likeness (QED) is 0.353. The SMILES string of the molecule is Nc1ccccc1OCCCC(=O)Nc1cccc([N+](=O)[O-])c1. The van der Waals surface area contributed by atoms with Gasteiger partial charge in [0.15, 0.2) is 0 Å². The second-order valence-corrected chi connectivity index (χ2v) is 4.85. The van der Waals surface area contributed by atoms with E-state index in [1.807, 2.05) is 12.1 Å². The number of nitrogens with zero attached hydrogens (tertiary/aromatic N) is 1. The Kier molecular flexibility index (Phi) is 5.51. The van der Waals surface area contributed by atoms with Gasteiger partial charge in [0.2, 0.25) is 5.91 Å². The molecule has 7 nitrogen and oxygen atoms in total. The fraction of sp³-hybridized carbons (Fsp3) is 0.188. The maximum Gasteiger partial charge on any atom is 0.271 e. The van der Waals surface area contributed by atoms with E-state index in [9.17, 15) is 14.9 Å². The van der Waals surface area contributed by atoms with Crippen molar-refractivity contribution in [3.05, 3.63) is 58.6 Å². The Morgan fingerprint density at radius 3 is 2.74 bits per heavy atom. The van der Waals surface area contributed by atoms with Crippen molar-refractivity contribution >= 4 is 23.0 Å². The summed E-state index contributed by atoms with van der Waals surface area (Å²) in [6.45, 7) is 0.358. The van der Waals surface area contributed by atoms with Gasteiger partial charge in [-0.15, -0.1) is 0 Å². The van der Waals surface area contributed by atoms with Crippen LogP contribution in [0.15, 0.2) is 48.5 Å². The van der Waals surface area contributed by atoms with Crippen molar-refractivity contribution < 1.29 is 14.5 Å². The molecule has 0 fully saturated rings. The Morgan fingerprint density at radius 1 is 1.22 bits per heavy atom. The van der Waals surface area contributed by atoms with E-state index in [2.05, 4.69) is 5.32 Å². The van der Waals surface area contributed by atoms with Crippen LogP contribution in [-0.2, 0) is 4.79 Å². The Hall–Kier alpha value is -3.09. The summed E-state index contributed by atoms with van der Waals surface area (Å²) in [7, 11) is 0. The summed E-state index contributed by atoms with van der Waals surface area (Å²) in [5.74, 6) is 0.363. The molecular formula is C16H17N3O4. The molecule has 0 aliphatic carbocycles. The van der Waals surface area contributed by atoms with Gasteiger partial charge in [0.05, 0.1) is 17.2 Å². The normalized spacial score (nSPS) is 10.1. The molecule has 23 heavy (non-hydrogen) atoms. The van der Waals surface area contributed by atoms with Crippen LogP contribution in [0.2, 0.25) is 0 Å². The number of carbonyl (C=O) groups excluding carboxylic acids is 1. The molecule has 0 atom stereocenters. The van der Waals surface area contributed by atoms with Crippen LogP contribution in [0.5, 0.6) is 5.75 Å². The number of nitrogen functional groups attached to an aromatic ring is 1. The third-order valence-corrected chi connectivity index (χ3v) is 3.07. The number of benzene rings is 2. The van der Waals surface area contributed by atoms with Crippen LogP contribution in [-0.4, -0.2) is 17.4 Å². The van der Waals surface area contributed by atoms with Gasteiger partial charge in [0.25, 0.3) is 5.69 Å². The molecule has 0 radical (unpaired) electrons. The van der Waals surface area contributed by atoms with E-state index < -0.39 is 4.92 Å². The van der Waals surface area contributed by atoms with Crippen molar-refractivity contribution in [1.29, 1.82) is 0 Å². The van der Waals surface area contributed by atoms with Gasteiger partial charge in [-0.3, -0.25) is 14.9 Å². The highest BCUT2D eigenvalue weighted by Crippen LogP contribution is 2.20. The molecular weight excluding hydrogens is 298 g/mol. The van der Waals surface area contributed by atoms with E-state index >= 15 is 0 Å². The molecule has 120 valence electrons. The van der Waals surface area contributed by atoms with Crippen molar-refractivity contribution in [2.45, 2.75) is 12.8 Å². The number of nitrogens with one attached hydrogen (secondary N) is 1. The van der Waals surface area contributed by atoms with Crippen LogP contribution < -0.4 is 15.8 Å². The molecule has 3 N–H and O–H groups in total. The van der Waals surface area contributed by atoms with Gasteiger partial charge in [0.1, 0.15) is 5.75 Å². The van der Waals surface area contributed by atoms with Crippen molar-refractivity contribution in [3.8, 4) is 5.75 Å². The second kappa shape index (κ2) is 7.79. The van der Waals surface area contributed by atoms with Crippen molar-refractivity contribution in [1.82, 2.24) is 0 Å². The first-order valence-corrected chi connectivity index (χ1v) is 7.08. The summed E-state index contributed by atoms with van der Waals surface area (Å²) < 4.78 is 5.49. The fourth-order valence-electron chi connectivity index (χ4n) is 1.95. The molecule has 0 saturated heterocycles. The average molecular weight is 315 g/mol. The zero-order valence-corrected chi connectivity index (χ0v) is 12.4. The lowest BCUT2D eigenvalue weighted by Crippen LogP contribution is -2.13. The minimum atomic E-state index is -0.506. The average Bonchev–Trinajstić information content (AvgIpc) is 2.53. The molecule has 2 aromatic carbocycles. The maximum absolute atomic E-state index is 11.8. The summed E-state index contributed by atoms with van der Waals surface area (Å²) in [5, 5.41) is 13.3. The molecule has 2 aromatic rings. The Labute approximate surface area is 133 Å². The Bertz CT molecular complexity index is 703. The number of amides is 1. The van der Waals surface area contributed by atoms with E-state index in [-0.39, 0.29) is 18.0 Å². The number of ether oxygens (including phenoxy) is 1. The zero-order chi connectivity index (χ0) is 16.7. The summed E-state index contributed by atoms with van der Waals surface area (Å²) in [5.41, 5.74) is 6.63. The predicted octanol–water partition coefficient (Wildman–Crippen LogP) is 2.97. The zero-order valence-electron chi connectivity index (χ0n) is 12.4. The monoisotopic (exact) mass is 315 g/mol. The van der Waals surface area contributed by atoms with Crippen molar-refractivity contribution in [2.75, 3.05) is 17.7 Å². The lowest BCUT2D eigenvalue weighted by Gasteiger charge is -2.08. The lowest BCUT2D eigenvalue weighted by molar-refractivity contribution is -0.384. The highest BCUT2D eigenvalue weighted by atomic mass is 16.6. The molecule has 1 amide bonds. The van der Waals surface area contributed by atoms with Gasteiger partial charge in [-0.2, -0.15) is 0 Å². The molecule has 0 bridgehead atoms. The number of nitrogens with two attached hydrogens (primary N) is 1. The van der Waals surface area contributed by atoms with Crippen LogP contribution in [0, 0.1) is 10.1 Å². The van der Waals surface area contributed by atoms with Crippen LogP contribution in [0.3, 0.4) is 0 Å². The van der Waals surface area contributed by atoms with Gasteiger partial charge < -0.3 is 15.8 Å². The number of nitro groups is 1. The molecule has 7 heteroatoms. The maximum atomic E-state index is 11.8. The number of nitro benzene ring substituents is 1. The first-order valence-electron chi connectivity index (χ1n) is 7.08. The second-order valence-electron chi connectivity index (χ2n) is 4.85. The Morgan fingerprint density at radius 2 is 2.00 bits per heavy atom. The van der Waals surface area contributed by atoms with Gasteiger partial charge in [-0.1, -0.05) is 18.2 Å². The number of rotatable bonds is 7. The lowest BCUT2D eigenvalue weighted by atomic mass is 10.2. The number of hydrogen-bond acceptors (Lipinski definition) is 5. The van der Waals surface area contributed by atoms with E-state index in [0.29, 0.717) is 30.2 Å². The fourth-order valence-corrected chi connectivity index (χ4v) is 1.95. The first kappa shape index (κ1) is 16.3. The first-order chi connectivity index (χ1) is 11.1.